The van der Waals surface area contributed by atoms with E-state index in [0.717, 1.165) is 18.0 Å². The Morgan fingerprint density at radius 1 is 0.909 bits per heavy atom. The first-order valence-corrected chi connectivity index (χ1v) is 7.63. The Bertz CT molecular complexity index is 744. The smallest absolute Gasteiger partial charge is 0.119 e. The van der Waals surface area contributed by atoms with E-state index in [1.54, 1.807) is 7.11 Å². The molecule has 3 rings (SSSR count). The Labute approximate surface area is 131 Å². The van der Waals surface area contributed by atoms with Crippen LogP contribution in [0.2, 0.25) is 0 Å². The number of benzene rings is 3. The molecule has 0 aromatic heterocycles. The van der Waals surface area contributed by atoms with Gasteiger partial charge in [-0.25, -0.2) is 0 Å². The van der Waals surface area contributed by atoms with E-state index >= 15 is 0 Å². The van der Waals surface area contributed by atoms with Gasteiger partial charge in [-0.15, -0.1) is 0 Å². The average molecular weight is 291 g/mol. The highest BCUT2D eigenvalue weighted by atomic mass is 16.5. The summed E-state index contributed by atoms with van der Waals surface area (Å²) in [5.74, 6) is 1.32. The van der Waals surface area contributed by atoms with E-state index < -0.39 is 0 Å². The van der Waals surface area contributed by atoms with Gasteiger partial charge in [0.1, 0.15) is 5.75 Å². The SMILES string of the molecule is COc1ccc(NC[C@H](C)c2cccc3ccccc23)cc1. The van der Waals surface area contributed by atoms with Crippen molar-refractivity contribution in [1.82, 2.24) is 0 Å². The maximum absolute atomic E-state index is 5.18. The Hall–Kier alpha value is -2.48. The summed E-state index contributed by atoms with van der Waals surface area (Å²) >= 11 is 0. The molecule has 0 aliphatic heterocycles. The van der Waals surface area contributed by atoms with Crippen molar-refractivity contribution in [3.63, 3.8) is 0 Å². The van der Waals surface area contributed by atoms with E-state index in [4.69, 9.17) is 4.74 Å². The van der Waals surface area contributed by atoms with Gasteiger partial charge < -0.3 is 10.1 Å². The molecule has 0 saturated carbocycles. The molecular formula is C20H21NO. The van der Waals surface area contributed by atoms with Gasteiger partial charge in [0, 0.05) is 12.2 Å². The zero-order valence-corrected chi connectivity index (χ0v) is 13.0. The molecule has 0 heterocycles. The van der Waals surface area contributed by atoms with Crippen LogP contribution in [0.15, 0.2) is 66.7 Å². The van der Waals surface area contributed by atoms with Gasteiger partial charge >= 0.3 is 0 Å². The molecular weight excluding hydrogens is 270 g/mol. The summed E-state index contributed by atoms with van der Waals surface area (Å²) in [6.45, 7) is 3.17. The molecule has 112 valence electrons. The topological polar surface area (TPSA) is 21.3 Å². The molecule has 0 aliphatic carbocycles. The van der Waals surface area contributed by atoms with Gasteiger partial charge in [-0.3, -0.25) is 0 Å². The minimum Gasteiger partial charge on any atom is -0.497 e. The first kappa shape index (κ1) is 14.5. The van der Waals surface area contributed by atoms with Gasteiger partial charge in [0.15, 0.2) is 0 Å². The number of rotatable bonds is 5. The maximum atomic E-state index is 5.18. The molecule has 2 nitrogen and oxygen atoms in total. The summed E-state index contributed by atoms with van der Waals surface area (Å²) in [5, 5.41) is 6.15. The molecule has 3 aromatic carbocycles. The van der Waals surface area contributed by atoms with Crippen molar-refractivity contribution in [2.24, 2.45) is 0 Å². The number of methoxy groups -OCH3 is 1. The molecule has 0 fully saturated rings. The number of hydrogen-bond acceptors (Lipinski definition) is 2. The second kappa shape index (κ2) is 6.52. The lowest BCUT2D eigenvalue weighted by molar-refractivity contribution is 0.415. The predicted molar refractivity (Wildman–Crippen MR) is 93.8 cm³/mol. The van der Waals surface area contributed by atoms with E-state index in [9.17, 15) is 0 Å². The predicted octanol–water partition coefficient (Wildman–Crippen LogP) is 5.06. The number of hydrogen-bond donors (Lipinski definition) is 1. The van der Waals surface area contributed by atoms with E-state index in [0.29, 0.717) is 5.92 Å². The number of anilines is 1. The normalized spacial score (nSPS) is 12.1. The minimum atomic E-state index is 0.438. The van der Waals surface area contributed by atoms with E-state index in [-0.39, 0.29) is 0 Å². The molecule has 1 atom stereocenters. The van der Waals surface area contributed by atoms with Crippen LogP contribution in [0.3, 0.4) is 0 Å². The molecule has 0 unspecified atom stereocenters. The molecule has 0 bridgehead atoms. The highest BCUT2D eigenvalue weighted by Crippen LogP contribution is 2.26. The highest BCUT2D eigenvalue weighted by molar-refractivity contribution is 5.86. The Morgan fingerprint density at radius 2 is 1.64 bits per heavy atom. The monoisotopic (exact) mass is 291 g/mol. The molecule has 0 saturated heterocycles. The first-order valence-electron chi connectivity index (χ1n) is 7.63. The van der Waals surface area contributed by atoms with Crippen molar-refractivity contribution >= 4 is 16.5 Å². The van der Waals surface area contributed by atoms with Crippen LogP contribution < -0.4 is 10.1 Å². The molecule has 0 amide bonds. The van der Waals surface area contributed by atoms with Gasteiger partial charge in [0.25, 0.3) is 0 Å². The highest BCUT2D eigenvalue weighted by Gasteiger charge is 2.09. The summed E-state index contributed by atoms with van der Waals surface area (Å²) in [4.78, 5) is 0. The van der Waals surface area contributed by atoms with Crippen molar-refractivity contribution in [3.05, 3.63) is 72.3 Å². The van der Waals surface area contributed by atoms with Crippen molar-refractivity contribution in [2.75, 3.05) is 19.0 Å². The zero-order chi connectivity index (χ0) is 15.4. The number of ether oxygens (including phenoxy) is 1. The quantitative estimate of drug-likeness (QED) is 0.709. The van der Waals surface area contributed by atoms with Crippen molar-refractivity contribution in [1.29, 1.82) is 0 Å². The van der Waals surface area contributed by atoms with Crippen molar-refractivity contribution in [2.45, 2.75) is 12.8 Å². The lowest BCUT2D eigenvalue weighted by atomic mass is 9.95. The maximum Gasteiger partial charge on any atom is 0.119 e. The summed E-state index contributed by atoms with van der Waals surface area (Å²) in [6.07, 6.45) is 0. The second-order valence-electron chi connectivity index (χ2n) is 5.58. The van der Waals surface area contributed by atoms with Crippen LogP contribution in [-0.2, 0) is 0 Å². The second-order valence-corrected chi connectivity index (χ2v) is 5.58. The summed E-state index contributed by atoms with van der Waals surface area (Å²) in [6, 6.07) is 23.2. The van der Waals surface area contributed by atoms with Crippen molar-refractivity contribution < 1.29 is 4.74 Å². The fourth-order valence-electron chi connectivity index (χ4n) is 2.77. The first-order chi connectivity index (χ1) is 10.8. The van der Waals surface area contributed by atoms with Crippen LogP contribution in [0.5, 0.6) is 5.75 Å². The lowest BCUT2D eigenvalue weighted by Gasteiger charge is -2.16. The van der Waals surface area contributed by atoms with Gasteiger partial charge in [-0.05, 0) is 46.5 Å². The van der Waals surface area contributed by atoms with E-state index in [2.05, 4.69) is 66.8 Å². The van der Waals surface area contributed by atoms with Gasteiger partial charge in [-0.2, -0.15) is 0 Å². The third-order valence-electron chi connectivity index (χ3n) is 4.06. The number of fused-ring (bicyclic) bond motifs is 1. The third kappa shape index (κ3) is 3.06. The largest absolute Gasteiger partial charge is 0.497 e. The average Bonchev–Trinajstić information content (AvgIpc) is 2.59. The Morgan fingerprint density at radius 3 is 2.41 bits per heavy atom. The fraction of sp³-hybridized carbons (Fsp3) is 0.200. The van der Waals surface area contributed by atoms with Crippen LogP contribution in [0.25, 0.3) is 10.8 Å². The molecule has 3 aromatic rings. The molecule has 1 N–H and O–H groups in total. The van der Waals surface area contributed by atoms with E-state index in [1.807, 2.05) is 12.1 Å². The summed E-state index contributed by atoms with van der Waals surface area (Å²) < 4.78 is 5.18. The Kier molecular flexibility index (Phi) is 4.29. The standard InChI is InChI=1S/C20H21NO/c1-15(14-21-17-10-12-18(22-2)13-11-17)19-9-5-7-16-6-3-4-8-20(16)19/h3-13,15,21H,14H2,1-2H3/t15-/m0/s1. The zero-order valence-electron chi connectivity index (χ0n) is 13.0. The van der Waals surface area contributed by atoms with Crippen LogP contribution in [-0.4, -0.2) is 13.7 Å². The molecule has 0 aliphatic rings. The summed E-state index contributed by atoms with van der Waals surface area (Å²) in [5.41, 5.74) is 2.51. The van der Waals surface area contributed by atoms with Gasteiger partial charge in [0.05, 0.1) is 7.11 Å². The number of nitrogens with one attached hydrogen (secondary N) is 1. The molecule has 0 spiro atoms. The summed E-state index contributed by atoms with van der Waals surface area (Å²) in [7, 11) is 1.69. The molecule has 22 heavy (non-hydrogen) atoms. The fourth-order valence-corrected chi connectivity index (χ4v) is 2.77. The lowest BCUT2D eigenvalue weighted by Crippen LogP contribution is -2.10. The molecule has 0 radical (unpaired) electrons. The Balaban J connectivity index is 1.74. The van der Waals surface area contributed by atoms with Crippen LogP contribution >= 0.6 is 0 Å². The van der Waals surface area contributed by atoms with E-state index in [1.165, 1.54) is 16.3 Å². The van der Waals surface area contributed by atoms with Crippen LogP contribution in [0, 0.1) is 0 Å². The minimum absolute atomic E-state index is 0.438. The van der Waals surface area contributed by atoms with Gasteiger partial charge in [-0.1, -0.05) is 49.4 Å². The van der Waals surface area contributed by atoms with Crippen LogP contribution in [0.1, 0.15) is 18.4 Å². The van der Waals surface area contributed by atoms with Gasteiger partial charge in [0.2, 0.25) is 0 Å². The third-order valence-corrected chi connectivity index (χ3v) is 4.06. The van der Waals surface area contributed by atoms with Crippen LogP contribution in [0.4, 0.5) is 5.69 Å². The molecule has 2 heteroatoms. The van der Waals surface area contributed by atoms with Crippen molar-refractivity contribution in [3.8, 4) is 5.75 Å².